The molecule has 0 aromatic carbocycles. The van der Waals surface area contributed by atoms with Gasteiger partial charge in [0.1, 0.15) is 70.1 Å². The molecule has 542 valence electrons. The molecule has 0 atom stereocenters. The number of imidazole rings is 7. The van der Waals surface area contributed by atoms with Crippen LogP contribution in [0.15, 0.2) is 114 Å². The molecule has 4 aliphatic heterocycles. The van der Waals surface area contributed by atoms with Crippen LogP contribution in [0.2, 0.25) is 0 Å². The van der Waals surface area contributed by atoms with Crippen molar-refractivity contribution in [1.29, 1.82) is 0 Å². The van der Waals surface area contributed by atoms with Crippen molar-refractivity contribution < 1.29 is 14.4 Å². The van der Waals surface area contributed by atoms with Crippen molar-refractivity contribution in [2.45, 2.75) is 198 Å². The Hall–Kier alpha value is -11.7. The Kier molecular flexibility index (Phi) is 21.0. The number of anilines is 4. The molecular weight excluding hydrogens is 1300 g/mol. The second kappa shape index (κ2) is 28.1. The Labute approximate surface area is 590 Å². The summed E-state index contributed by atoms with van der Waals surface area (Å²) < 4.78 is 13.3. The lowest BCUT2D eigenvalue weighted by Gasteiger charge is -2.26. The molecule has 11 N–H and O–H groups in total. The van der Waals surface area contributed by atoms with Crippen molar-refractivity contribution >= 4 is 92.2 Å². The molecule has 0 radical (unpaired) electrons. The van der Waals surface area contributed by atoms with Gasteiger partial charge >= 0.3 is 5.69 Å². The Morgan fingerprint density at radius 1 is 0.461 bits per heavy atom. The summed E-state index contributed by atoms with van der Waals surface area (Å²) in [5.41, 5.74) is 16.2. The van der Waals surface area contributed by atoms with E-state index in [9.17, 15) is 24.0 Å². The summed E-state index contributed by atoms with van der Waals surface area (Å²) in [6, 6.07) is 0. The first-order valence-electron chi connectivity index (χ1n) is 32.6. The molecule has 4 aliphatic rings. The third-order valence-corrected chi connectivity index (χ3v) is 15.3. The monoisotopic (exact) mass is 1400 g/mol. The van der Waals surface area contributed by atoms with Gasteiger partial charge in [0.15, 0.2) is 62.8 Å². The van der Waals surface area contributed by atoms with E-state index < -0.39 is 5.54 Å². The summed E-state index contributed by atoms with van der Waals surface area (Å²) in [6.07, 6.45) is 17.1. The number of amides is 2. The molecule has 14 rings (SSSR count). The van der Waals surface area contributed by atoms with E-state index in [0.717, 1.165) is 22.6 Å². The van der Waals surface area contributed by atoms with Gasteiger partial charge in [0.2, 0.25) is 0 Å². The number of carbonyl (C=O) groups excluding carboxylic acids is 3. The van der Waals surface area contributed by atoms with Gasteiger partial charge in [-0.15, -0.1) is 0 Å². The maximum atomic E-state index is 11.8. The maximum Gasteiger partial charge on any atom is 0.328 e. The highest BCUT2D eigenvalue weighted by molar-refractivity contribution is 6.08. The predicted octanol–water partition coefficient (Wildman–Crippen LogP) is 8.92. The number of aryl methyl sites for hydroxylation is 1. The molecule has 0 spiro atoms. The number of amidine groups is 1. The third-order valence-electron chi connectivity index (χ3n) is 15.3. The van der Waals surface area contributed by atoms with Crippen molar-refractivity contribution in [2.24, 2.45) is 15.7 Å². The molecule has 0 bridgehead atoms. The van der Waals surface area contributed by atoms with Crippen molar-refractivity contribution in [1.82, 2.24) is 107 Å². The van der Waals surface area contributed by atoms with Crippen LogP contribution in [0.4, 0.5) is 29.1 Å². The first-order chi connectivity index (χ1) is 47.1. The highest BCUT2D eigenvalue weighted by Crippen LogP contribution is 2.32. The SMILES string of the molecule is C=C1N=C(N)c2ncn(C(C)(C)C)c2N1.C=C1NC(=O)c2[nH]c(=O)n(C(C)(C)C)c2N1.C=C1NC(=O)c2ncn(C(C)(C)C)c2N1.CC(C)(C)n1cnc2c(N)ncnc21.CC(C)(C)n1cnc2c1N=CCC2=O.CC(C)(C)n1cnc2cncnc21.Cc1nc2c(ncn2C(C)(C)C)c(=O)[nH]1. The molecule has 2 amide bonds. The van der Waals surface area contributed by atoms with Crippen LogP contribution in [0, 0.1) is 6.92 Å². The van der Waals surface area contributed by atoms with Gasteiger partial charge in [-0.05, 0) is 152 Å². The molecule has 0 aliphatic carbocycles. The average Bonchev–Trinajstić information content (AvgIpc) is 1.63. The van der Waals surface area contributed by atoms with E-state index >= 15 is 0 Å². The standard InChI is InChI=1S/C10H15N5.C10H14N4O2.2C10H14N4O.C10H13N3O.C9H13N5.C9H12N4/c1-6-13-8(11)7-9(14-6)15(5-12-7)10(2,3)4;1-5-11-7-6(8(15)12-5)13-9(16)14(7)10(2,3)4;2*1-6-12-8-7(9(15)13-6)11-5-14(8)10(2,3)4;1-10(2,3)13-6-12-8-7(14)4-5-11-9(8)13;1-9(2,3)14-5-13-6-7(10)11-4-12-8(6)14;1-9(2,3)13-6-12-7-4-10-5-11-8(7)13/h5,14H,1H2,2-4H3,(H2,11,13);11H,1H2,2-4H3,(H,12,15)(H,13,16);5H,1-4H3,(H,12,13,15);5,12H,1H2,2-4H3,(H,13,15);5-6H,4H2,1-3H3;4-5H,1-3H3,(H2,10,11,12);4-6H,1-3H3. The van der Waals surface area contributed by atoms with Gasteiger partial charge in [0.25, 0.3) is 17.4 Å². The van der Waals surface area contributed by atoms with Crippen molar-refractivity contribution in [3.05, 3.63) is 143 Å². The number of rotatable bonds is 0. The minimum atomic E-state index is -0.411. The normalized spacial score (nSPS) is 14.2. The molecule has 0 fully saturated rings. The van der Waals surface area contributed by atoms with E-state index in [1.54, 1.807) is 63.6 Å². The van der Waals surface area contributed by atoms with Crippen molar-refractivity contribution in [2.75, 3.05) is 21.7 Å². The van der Waals surface area contributed by atoms with E-state index in [0.29, 0.717) is 92.6 Å². The lowest BCUT2D eigenvalue weighted by Crippen LogP contribution is -2.36. The summed E-state index contributed by atoms with van der Waals surface area (Å²) in [7, 11) is 0. The number of ketones is 1. The fraction of sp³-hybridized carbons (Fsp3) is 0.441. The largest absolute Gasteiger partial charge is 0.382 e. The van der Waals surface area contributed by atoms with Gasteiger partial charge in [-0.2, -0.15) is 0 Å². The van der Waals surface area contributed by atoms with Gasteiger partial charge in [0, 0.05) is 51.4 Å². The van der Waals surface area contributed by atoms with Gasteiger partial charge in [-0.3, -0.25) is 28.7 Å². The number of H-pyrrole nitrogens is 2. The number of Topliss-reactive ketones (excluding diaryl/α,β-unsaturated/α-hetero) is 1. The van der Waals surface area contributed by atoms with Crippen LogP contribution in [0.3, 0.4) is 0 Å². The number of aromatic amines is 2. The molecular formula is C68H95N29O5. The van der Waals surface area contributed by atoms with Crippen molar-refractivity contribution in [3.8, 4) is 0 Å². The predicted molar refractivity (Wildman–Crippen MR) is 396 cm³/mol. The lowest BCUT2D eigenvalue weighted by atomic mass is 10.1. The third kappa shape index (κ3) is 16.9. The first kappa shape index (κ1) is 76.0. The number of hydrogen-bond acceptors (Lipinski definition) is 23. The zero-order valence-corrected chi connectivity index (χ0v) is 62.2. The summed E-state index contributed by atoms with van der Waals surface area (Å²) >= 11 is 0. The van der Waals surface area contributed by atoms with Gasteiger partial charge in [-0.1, -0.05) is 19.7 Å². The average molecular weight is 1400 g/mol. The minimum absolute atomic E-state index is 0.0170. The molecule has 10 aromatic rings. The van der Waals surface area contributed by atoms with Gasteiger partial charge < -0.3 is 70.4 Å². The number of nitrogens with two attached hydrogens (primary N) is 2. The number of nitrogens with zero attached hydrogens (tertiary/aromatic N) is 20. The van der Waals surface area contributed by atoms with Crippen LogP contribution in [0.25, 0.3) is 33.5 Å². The Balaban J connectivity index is 0.000000151. The summed E-state index contributed by atoms with van der Waals surface area (Å²) in [5.74, 6) is 5.07. The molecule has 14 heterocycles. The van der Waals surface area contributed by atoms with Gasteiger partial charge in [0.05, 0.1) is 44.2 Å². The fourth-order valence-corrected chi connectivity index (χ4v) is 10.3. The smallest absolute Gasteiger partial charge is 0.328 e. The van der Waals surface area contributed by atoms with E-state index in [1.165, 1.54) is 10.9 Å². The molecule has 34 nitrogen and oxygen atoms in total. The molecule has 0 saturated carbocycles. The second-order valence-corrected chi connectivity index (χ2v) is 31.0. The van der Waals surface area contributed by atoms with Crippen LogP contribution in [0.1, 0.15) is 195 Å². The Morgan fingerprint density at radius 2 is 0.941 bits per heavy atom. The number of aromatic nitrogens is 20. The molecule has 102 heavy (non-hydrogen) atoms. The van der Waals surface area contributed by atoms with Crippen LogP contribution in [0.5, 0.6) is 0 Å². The Bertz CT molecular complexity index is 5010. The molecule has 0 saturated heterocycles. The number of carbonyl (C=O) groups is 3. The van der Waals surface area contributed by atoms with Crippen molar-refractivity contribution in [3.63, 3.8) is 0 Å². The van der Waals surface area contributed by atoms with E-state index in [2.05, 4.69) is 204 Å². The zero-order valence-electron chi connectivity index (χ0n) is 62.2. The number of fused-ring (bicyclic) bond motifs is 7. The first-order valence-corrected chi connectivity index (χ1v) is 32.6. The van der Waals surface area contributed by atoms with Crippen LogP contribution in [-0.4, -0.2) is 126 Å². The van der Waals surface area contributed by atoms with E-state index in [-0.39, 0.29) is 67.8 Å². The van der Waals surface area contributed by atoms with Gasteiger partial charge in [-0.25, -0.2) is 69.6 Å². The minimum Gasteiger partial charge on any atom is -0.382 e. The fourth-order valence-electron chi connectivity index (χ4n) is 10.3. The zero-order chi connectivity index (χ0) is 75.9. The van der Waals surface area contributed by atoms with E-state index in [1.807, 2.05) is 89.7 Å². The quantitative estimate of drug-likeness (QED) is 0.0683. The number of nitrogens with one attached hydrogen (secondary N) is 7. The number of hydrogen-bond donors (Lipinski definition) is 9. The van der Waals surface area contributed by atoms with Crippen LogP contribution < -0.4 is 49.3 Å². The summed E-state index contributed by atoms with van der Waals surface area (Å²) in [5, 5.41) is 14.1. The van der Waals surface area contributed by atoms with E-state index in [4.69, 9.17) is 11.5 Å². The number of nitrogen functional groups attached to an aromatic ring is 1. The number of aliphatic imine (C=N–C) groups is 2. The highest BCUT2D eigenvalue weighted by atomic mass is 16.2. The second-order valence-electron chi connectivity index (χ2n) is 31.0. The van der Waals surface area contributed by atoms with Crippen LogP contribution in [-0.2, 0) is 38.8 Å². The maximum absolute atomic E-state index is 11.8. The Morgan fingerprint density at radius 3 is 1.52 bits per heavy atom. The lowest BCUT2D eigenvalue weighted by molar-refractivity contribution is 0.0950. The molecule has 10 aromatic heterocycles. The summed E-state index contributed by atoms with van der Waals surface area (Å²) in [4.78, 5) is 117. The highest BCUT2D eigenvalue weighted by Gasteiger charge is 2.32. The molecule has 0 unspecified atom stereocenters. The molecule has 34 heteroatoms. The topological polar surface area (TPSA) is 430 Å². The summed E-state index contributed by atoms with van der Waals surface area (Å²) in [6.45, 7) is 55.9. The van der Waals surface area contributed by atoms with Crippen LogP contribution >= 0.6 is 0 Å².